The molecular formula is C16H13F3. The summed E-state index contributed by atoms with van der Waals surface area (Å²) in [5, 5.41) is 0. The summed E-state index contributed by atoms with van der Waals surface area (Å²) in [6, 6.07) is 14.8. The van der Waals surface area contributed by atoms with Crippen LogP contribution in [0.3, 0.4) is 0 Å². The molecule has 0 aliphatic rings. The number of aryl methyl sites for hydroxylation is 1. The van der Waals surface area contributed by atoms with E-state index in [-0.39, 0.29) is 5.56 Å². The predicted molar refractivity (Wildman–Crippen MR) is 71.5 cm³/mol. The monoisotopic (exact) mass is 262 g/mol. The summed E-state index contributed by atoms with van der Waals surface area (Å²) in [6.07, 6.45) is -3.19. The first-order chi connectivity index (χ1) is 8.97. The fourth-order valence-electron chi connectivity index (χ4n) is 1.78. The molecule has 0 aromatic heterocycles. The highest BCUT2D eigenvalue weighted by Gasteiger charge is 2.34. The Hall–Kier alpha value is -2.03. The number of hydrogen-bond acceptors (Lipinski definition) is 0. The fourth-order valence-corrected chi connectivity index (χ4v) is 1.78. The largest absolute Gasteiger partial charge is 0.417 e. The van der Waals surface area contributed by atoms with Crippen LogP contribution in [0.15, 0.2) is 54.6 Å². The van der Waals surface area contributed by atoms with Crippen LogP contribution >= 0.6 is 0 Å². The highest BCUT2D eigenvalue weighted by molar-refractivity contribution is 5.84. The molecule has 0 radical (unpaired) electrons. The molecule has 0 amide bonds. The molecule has 2 rings (SSSR count). The molecule has 0 atom stereocenters. The quantitative estimate of drug-likeness (QED) is 0.661. The van der Waals surface area contributed by atoms with Crippen LogP contribution in [-0.4, -0.2) is 6.18 Å². The molecule has 2 aromatic carbocycles. The Morgan fingerprint density at radius 2 is 1.47 bits per heavy atom. The number of alkyl halides is 3. The van der Waals surface area contributed by atoms with Gasteiger partial charge in [0.1, 0.15) is 0 Å². The topological polar surface area (TPSA) is 0 Å². The normalized spacial score (nSPS) is 12.5. The first-order valence-electron chi connectivity index (χ1n) is 5.88. The molecule has 0 fully saturated rings. The summed E-state index contributed by atoms with van der Waals surface area (Å²) in [5.74, 6) is 0. The molecule has 0 nitrogen and oxygen atoms in total. The van der Waals surface area contributed by atoms with E-state index in [4.69, 9.17) is 0 Å². The summed E-state index contributed by atoms with van der Waals surface area (Å²) < 4.78 is 39.3. The lowest BCUT2D eigenvalue weighted by molar-refractivity contribution is -0.0683. The Kier molecular flexibility index (Phi) is 3.74. The van der Waals surface area contributed by atoms with Crippen molar-refractivity contribution >= 4 is 11.6 Å². The molecule has 0 spiro atoms. The molecule has 0 unspecified atom stereocenters. The minimum absolute atomic E-state index is 0.176. The first-order valence-corrected chi connectivity index (χ1v) is 5.88. The molecular weight excluding hydrogens is 249 g/mol. The second-order valence-corrected chi connectivity index (χ2v) is 4.33. The van der Waals surface area contributed by atoms with E-state index in [9.17, 15) is 13.2 Å². The molecule has 19 heavy (non-hydrogen) atoms. The maximum atomic E-state index is 13.1. The van der Waals surface area contributed by atoms with Crippen molar-refractivity contribution in [3.63, 3.8) is 0 Å². The Bertz CT molecular complexity index is 563. The van der Waals surface area contributed by atoms with Gasteiger partial charge in [0.2, 0.25) is 0 Å². The molecule has 0 aliphatic carbocycles. The number of allylic oxidation sites excluding steroid dienone is 1. The van der Waals surface area contributed by atoms with E-state index in [1.54, 1.807) is 42.5 Å². The third-order valence-corrected chi connectivity index (χ3v) is 2.78. The number of hydrogen-bond donors (Lipinski definition) is 0. The van der Waals surface area contributed by atoms with E-state index >= 15 is 0 Å². The van der Waals surface area contributed by atoms with E-state index in [2.05, 4.69) is 0 Å². The fraction of sp³-hybridized carbons (Fsp3) is 0.125. The van der Waals surface area contributed by atoms with Gasteiger partial charge in [-0.15, -0.1) is 0 Å². The Labute approximate surface area is 110 Å². The van der Waals surface area contributed by atoms with Gasteiger partial charge in [0.25, 0.3) is 0 Å². The minimum Gasteiger partial charge on any atom is -0.166 e. The summed E-state index contributed by atoms with van der Waals surface area (Å²) in [6.45, 7) is 1.90. The molecule has 2 aromatic rings. The second kappa shape index (κ2) is 5.31. The number of benzene rings is 2. The van der Waals surface area contributed by atoms with Crippen LogP contribution in [0.2, 0.25) is 0 Å². The van der Waals surface area contributed by atoms with Crippen molar-refractivity contribution in [1.29, 1.82) is 0 Å². The van der Waals surface area contributed by atoms with E-state index in [0.717, 1.165) is 5.56 Å². The van der Waals surface area contributed by atoms with Crippen LogP contribution in [0.5, 0.6) is 0 Å². The van der Waals surface area contributed by atoms with Crippen LogP contribution in [0, 0.1) is 6.92 Å². The van der Waals surface area contributed by atoms with E-state index in [1.807, 2.05) is 6.92 Å². The molecule has 98 valence electrons. The predicted octanol–water partition coefficient (Wildman–Crippen LogP) is 5.10. The van der Waals surface area contributed by atoms with Crippen LogP contribution in [0.25, 0.3) is 11.6 Å². The molecule has 0 saturated heterocycles. The Balaban J connectivity index is 2.47. The highest BCUT2D eigenvalue weighted by atomic mass is 19.4. The van der Waals surface area contributed by atoms with Crippen LogP contribution in [0.1, 0.15) is 16.7 Å². The van der Waals surface area contributed by atoms with Crippen LogP contribution < -0.4 is 0 Å². The van der Waals surface area contributed by atoms with Gasteiger partial charge in [-0.25, -0.2) is 0 Å². The van der Waals surface area contributed by atoms with E-state index in [0.29, 0.717) is 5.56 Å². The van der Waals surface area contributed by atoms with Crippen molar-refractivity contribution < 1.29 is 13.2 Å². The molecule has 0 aliphatic heterocycles. The van der Waals surface area contributed by atoms with Gasteiger partial charge in [-0.1, -0.05) is 60.2 Å². The first kappa shape index (κ1) is 13.4. The molecule has 0 heterocycles. The summed E-state index contributed by atoms with van der Waals surface area (Å²) >= 11 is 0. The van der Waals surface area contributed by atoms with E-state index in [1.165, 1.54) is 18.2 Å². The zero-order valence-corrected chi connectivity index (χ0v) is 10.4. The SMILES string of the molecule is Cc1ccc(/C=C(\c2ccccc2)C(F)(F)F)cc1. The summed E-state index contributed by atoms with van der Waals surface area (Å²) in [7, 11) is 0. The molecule has 0 bridgehead atoms. The van der Waals surface area contributed by atoms with Crippen LogP contribution in [-0.2, 0) is 0 Å². The van der Waals surface area contributed by atoms with Gasteiger partial charge in [-0.3, -0.25) is 0 Å². The number of rotatable bonds is 2. The molecule has 0 N–H and O–H groups in total. The van der Waals surface area contributed by atoms with Crippen LogP contribution in [0.4, 0.5) is 13.2 Å². The zero-order chi connectivity index (χ0) is 13.9. The summed E-state index contributed by atoms with van der Waals surface area (Å²) in [5.41, 5.74) is 1.11. The maximum Gasteiger partial charge on any atom is 0.417 e. The minimum atomic E-state index is -4.37. The van der Waals surface area contributed by atoms with Gasteiger partial charge in [0, 0.05) is 0 Å². The zero-order valence-electron chi connectivity index (χ0n) is 10.4. The third kappa shape index (κ3) is 3.47. The maximum absolute atomic E-state index is 13.1. The molecule has 0 saturated carbocycles. The van der Waals surface area contributed by atoms with Gasteiger partial charge < -0.3 is 0 Å². The summed E-state index contributed by atoms with van der Waals surface area (Å²) in [4.78, 5) is 0. The Morgan fingerprint density at radius 1 is 0.895 bits per heavy atom. The van der Waals surface area contributed by atoms with Gasteiger partial charge in [-0.2, -0.15) is 13.2 Å². The molecule has 3 heteroatoms. The average molecular weight is 262 g/mol. The smallest absolute Gasteiger partial charge is 0.166 e. The lowest BCUT2D eigenvalue weighted by atomic mass is 10.0. The van der Waals surface area contributed by atoms with Crippen molar-refractivity contribution in [2.45, 2.75) is 13.1 Å². The lowest BCUT2D eigenvalue weighted by Crippen LogP contribution is -2.10. The van der Waals surface area contributed by atoms with Crippen molar-refractivity contribution in [3.05, 3.63) is 71.3 Å². The second-order valence-electron chi connectivity index (χ2n) is 4.33. The average Bonchev–Trinajstić information content (AvgIpc) is 2.37. The highest BCUT2D eigenvalue weighted by Crippen LogP contribution is 2.35. The van der Waals surface area contributed by atoms with Crippen molar-refractivity contribution in [2.75, 3.05) is 0 Å². The Morgan fingerprint density at radius 3 is 2.00 bits per heavy atom. The third-order valence-electron chi connectivity index (χ3n) is 2.78. The van der Waals surface area contributed by atoms with Crippen molar-refractivity contribution in [1.82, 2.24) is 0 Å². The van der Waals surface area contributed by atoms with E-state index < -0.39 is 11.7 Å². The van der Waals surface area contributed by atoms with Gasteiger partial charge in [-0.05, 0) is 24.1 Å². The van der Waals surface area contributed by atoms with Gasteiger partial charge in [0.05, 0.1) is 5.57 Å². The van der Waals surface area contributed by atoms with Gasteiger partial charge >= 0.3 is 6.18 Å². The standard InChI is InChI=1S/C16H13F3/c1-12-7-9-13(10-8-12)11-15(16(17,18)19)14-5-3-2-4-6-14/h2-11H,1H3/b15-11+. The number of halogens is 3. The lowest BCUT2D eigenvalue weighted by Gasteiger charge is -2.12. The van der Waals surface area contributed by atoms with Crippen molar-refractivity contribution in [3.8, 4) is 0 Å². The van der Waals surface area contributed by atoms with Crippen molar-refractivity contribution in [2.24, 2.45) is 0 Å². The van der Waals surface area contributed by atoms with Gasteiger partial charge in [0.15, 0.2) is 0 Å².